The van der Waals surface area contributed by atoms with Gasteiger partial charge in [0.2, 0.25) is 17.7 Å². The van der Waals surface area contributed by atoms with Gasteiger partial charge >= 0.3 is 5.97 Å². The third-order valence-electron chi connectivity index (χ3n) is 6.11. The number of nitrogens with one attached hydrogen (secondary N) is 4. The van der Waals surface area contributed by atoms with Crippen molar-refractivity contribution in [3.8, 4) is 0 Å². The lowest BCUT2D eigenvalue weighted by Gasteiger charge is -2.24. The lowest BCUT2D eigenvalue weighted by molar-refractivity contribution is -0.142. The summed E-state index contributed by atoms with van der Waals surface area (Å²) in [6, 6.07) is 3.59. The van der Waals surface area contributed by atoms with Gasteiger partial charge in [0.25, 0.3) is 0 Å². The minimum absolute atomic E-state index is 0.0667. The molecule has 0 bridgehead atoms. The van der Waals surface area contributed by atoms with E-state index in [1.165, 1.54) is 6.92 Å². The monoisotopic (exact) mass is 516 g/mol. The molecule has 1 aromatic carbocycles. The number of carboxylic acid groups (broad SMARTS) is 1. The highest BCUT2D eigenvalue weighted by Gasteiger charge is 2.28. The molecule has 9 N–H and O–H groups in total. The van der Waals surface area contributed by atoms with Crippen molar-refractivity contribution >= 4 is 34.6 Å². The number of hydrogen-bond donors (Lipinski definition) is 7. The molecule has 0 saturated heterocycles. The maximum absolute atomic E-state index is 13.0. The molecule has 1 aromatic heterocycles. The van der Waals surface area contributed by atoms with Crippen LogP contribution in [-0.2, 0) is 25.6 Å². The fourth-order valence-electron chi connectivity index (χ4n) is 4.05. The number of nitrogens with two attached hydrogens (primary N) is 2. The number of aromatic amines is 1. The highest BCUT2D eigenvalue weighted by atomic mass is 16.4. The molecule has 2 aromatic rings. The molecule has 4 unspecified atom stereocenters. The van der Waals surface area contributed by atoms with Crippen LogP contribution in [0.5, 0.6) is 0 Å². The lowest BCUT2D eigenvalue weighted by atomic mass is 10.0. The Bertz CT molecular complexity index is 1070. The van der Waals surface area contributed by atoms with Crippen LogP contribution in [0.4, 0.5) is 0 Å². The Morgan fingerprint density at radius 1 is 0.946 bits per heavy atom. The molecule has 0 aliphatic rings. The van der Waals surface area contributed by atoms with Gasteiger partial charge in [0.1, 0.15) is 18.1 Å². The van der Waals surface area contributed by atoms with E-state index in [2.05, 4.69) is 20.9 Å². The number of benzene rings is 1. The van der Waals surface area contributed by atoms with Crippen molar-refractivity contribution in [2.45, 2.75) is 77.0 Å². The minimum Gasteiger partial charge on any atom is -0.480 e. The smallest absolute Gasteiger partial charge is 0.326 e. The van der Waals surface area contributed by atoms with Gasteiger partial charge in [-0.25, -0.2) is 4.79 Å². The van der Waals surface area contributed by atoms with Crippen molar-refractivity contribution in [3.63, 3.8) is 0 Å². The Hall–Kier alpha value is -3.44. The molecule has 2 rings (SSSR count). The summed E-state index contributed by atoms with van der Waals surface area (Å²) in [5.41, 5.74) is 13.1. The summed E-state index contributed by atoms with van der Waals surface area (Å²) in [4.78, 5) is 53.2. The summed E-state index contributed by atoms with van der Waals surface area (Å²) < 4.78 is 0. The Morgan fingerprint density at radius 3 is 2.27 bits per heavy atom. The molecule has 4 atom stereocenters. The van der Waals surface area contributed by atoms with Crippen LogP contribution in [0.2, 0.25) is 0 Å². The average Bonchev–Trinajstić information content (AvgIpc) is 3.25. The maximum atomic E-state index is 13.0. The number of para-hydroxylation sites is 1. The molecule has 11 nitrogen and oxygen atoms in total. The van der Waals surface area contributed by atoms with Crippen molar-refractivity contribution in [1.29, 1.82) is 0 Å². The van der Waals surface area contributed by atoms with E-state index in [0.717, 1.165) is 16.5 Å². The van der Waals surface area contributed by atoms with Crippen molar-refractivity contribution in [3.05, 3.63) is 36.0 Å². The van der Waals surface area contributed by atoms with Crippen molar-refractivity contribution < 1.29 is 24.3 Å². The van der Waals surface area contributed by atoms with Crippen LogP contribution in [0.15, 0.2) is 30.5 Å². The molecule has 0 fully saturated rings. The molecular weight excluding hydrogens is 476 g/mol. The molecular formula is C26H40N6O5. The Balaban J connectivity index is 2.02. The van der Waals surface area contributed by atoms with Gasteiger partial charge in [-0.1, -0.05) is 32.0 Å². The predicted molar refractivity (Wildman–Crippen MR) is 141 cm³/mol. The largest absolute Gasteiger partial charge is 0.480 e. The third-order valence-corrected chi connectivity index (χ3v) is 6.11. The van der Waals surface area contributed by atoms with E-state index in [1.807, 2.05) is 38.1 Å². The van der Waals surface area contributed by atoms with Crippen LogP contribution in [0.1, 0.15) is 52.0 Å². The number of fused-ring (bicyclic) bond motifs is 1. The summed E-state index contributed by atoms with van der Waals surface area (Å²) in [7, 11) is 0. The van der Waals surface area contributed by atoms with E-state index >= 15 is 0 Å². The number of aromatic nitrogens is 1. The molecule has 0 radical (unpaired) electrons. The first-order valence-corrected chi connectivity index (χ1v) is 12.7. The molecule has 1 heterocycles. The average molecular weight is 517 g/mol. The molecule has 0 saturated carbocycles. The number of rotatable bonds is 15. The number of carbonyl (C=O) groups is 4. The quantitative estimate of drug-likeness (QED) is 0.170. The van der Waals surface area contributed by atoms with Crippen molar-refractivity contribution in [2.24, 2.45) is 17.4 Å². The van der Waals surface area contributed by atoms with Gasteiger partial charge in [-0.3, -0.25) is 14.4 Å². The maximum Gasteiger partial charge on any atom is 0.326 e. The summed E-state index contributed by atoms with van der Waals surface area (Å²) >= 11 is 0. The van der Waals surface area contributed by atoms with Gasteiger partial charge in [-0.2, -0.15) is 0 Å². The Labute approximate surface area is 217 Å². The van der Waals surface area contributed by atoms with Gasteiger partial charge in [0.15, 0.2) is 0 Å². The second-order valence-electron chi connectivity index (χ2n) is 9.77. The van der Waals surface area contributed by atoms with E-state index in [-0.39, 0.29) is 12.3 Å². The molecule has 11 heteroatoms. The zero-order valence-electron chi connectivity index (χ0n) is 21.8. The Kier molecular flexibility index (Phi) is 11.5. The number of hydrogen-bond acceptors (Lipinski definition) is 6. The number of amides is 3. The van der Waals surface area contributed by atoms with Gasteiger partial charge < -0.3 is 37.5 Å². The number of H-pyrrole nitrogens is 1. The van der Waals surface area contributed by atoms with E-state index in [1.54, 1.807) is 6.20 Å². The summed E-state index contributed by atoms with van der Waals surface area (Å²) in [5, 5.41) is 18.3. The fraction of sp³-hybridized carbons (Fsp3) is 0.538. The van der Waals surface area contributed by atoms with Crippen LogP contribution in [0.3, 0.4) is 0 Å². The topological polar surface area (TPSA) is 192 Å². The standard InChI is InChI=1S/C26H40N6O5/c1-15(2)12-19(28)24(34)31-21(10-6-7-11-27)25(35)30-16(3)23(33)32-22(26(36)37)13-17-14-29-20-9-5-4-8-18(17)20/h4-5,8-9,14-16,19,21-22,29H,6-7,10-13,27-28H2,1-3H3,(H,30,35)(H,31,34)(H,32,33)(H,36,37). The minimum atomic E-state index is -1.19. The third kappa shape index (κ3) is 9.18. The normalized spacial score (nSPS) is 14.5. The highest BCUT2D eigenvalue weighted by Crippen LogP contribution is 2.19. The first-order valence-electron chi connectivity index (χ1n) is 12.7. The van der Waals surface area contributed by atoms with E-state index < -0.39 is 47.9 Å². The van der Waals surface area contributed by atoms with Crippen molar-refractivity contribution in [2.75, 3.05) is 6.54 Å². The molecule has 0 aliphatic heterocycles. The zero-order chi connectivity index (χ0) is 27.5. The SMILES string of the molecule is CC(C)CC(N)C(=O)NC(CCCCN)C(=O)NC(C)C(=O)NC(Cc1c[nH]c2ccccc12)C(=O)O. The first kappa shape index (κ1) is 29.8. The van der Waals surface area contributed by atoms with Crippen LogP contribution >= 0.6 is 0 Å². The van der Waals surface area contributed by atoms with Gasteiger partial charge in [0.05, 0.1) is 6.04 Å². The van der Waals surface area contributed by atoms with E-state index in [9.17, 15) is 24.3 Å². The van der Waals surface area contributed by atoms with E-state index in [0.29, 0.717) is 32.2 Å². The van der Waals surface area contributed by atoms with Gasteiger partial charge in [-0.15, -0.1) is 0 Å². The number of unbranched alkanes of at least 4 members (excludes halogenated alkanes) is 1. The number of carbonyl (C=O) groups excluding carboxylic acids is 3. The van der Waals surface area contributed by atoms with Gasteiger partial charge in [0, 0.05) is 23.5 Å². The number of aliphatic carboxylic acids is 1. The van der Waals surface area contributed by atoms with Crippen molar-refractivity contribution in [1.82, 2.24) is 20.9 Å². The summed E-state index contributed by atoms with van der Waals surface area (Å²) in [6.07, 6.45) is 3.85. The van der Waals surface area contributed by atoms with E-state index in [4.69, 9.17) is 11.5 Å². The Morgan fingerprint density at radius 2 is 1.62 bits per heavy atom. The van der Waals surface area contributed by atoms with Crippen LogP contribution in [0.25, 0.3) is 10.9 Å². The molecule has 204 valence electrons. The predicted octanol–water partition coefficient (Wildman–Crippen LogP) is 0.772. The molecule has 0 spiro atoms. The van der Waals surface area contributed by atoms with Gasteiger partial charge in [-0.05, 0) is 56.7 Å². The molecule has 3 amide bonds. The summed E-state index contributed by atoms with van der Waals surface area (Å²) in [6.45, 7) is 5.80. The molecule has 0 aliphatic carbocycles. The fourth-order valence-corrected chi connectivity index (χ4v) is 4.05. The first-order chi connectivity index (χ1) is 17.5. The summed E-state index contributed by atoms with van der Waals surface area (Å²) in [5.74, 6) is -2.62. The molecule has 37 heavy (non-hydrogen) atoms. The number of carboxylic acids is 1. The zero-order valence-corrected chi connectivity index (χ0v) is 21.8. The van der Waals surface area contributed by atoms with Crippen LogP contribution < -0.4 is 27.4 Å². The lowest BCUT2D eigenvalue weighted by Crippen LogP contribution is -2.56. The van der Waals surface area contributed by atoms with Crippen LogP contribution in [-0.4, -0.2) is 64.5 Å². The van der Waals surface area contributed by atoms with Crippen LogP contribution in [0, 0.1) is 5.92 Å². The second-order valence-corrected chi connectivity index (χ2v) is 9.77. The second kappa shape index (κ2) is 14.3. The highest BCUT2D eigenvalue weighted by molar-refractivity contribution is 5.94.